The van der Waals surface area contributed by atoms with Gasteiger partial charge in [-0.05, 0) is 36.6 Å². The molecule has 0 aliphatic heterocycles. The van der Waals surface area contributed by atoms with Crippen LogP contribution in [0.5, 0.6) is 5.88 Å². The first-order chi connectivity index (χ1) is 16.6. The van der Waals surface area contributed by atoms with Crippen LogP contribution in [0.2, 0.25) is 0 Å². The van der Waals surface area contributed by atoms with Crippen molar-refractivity contribution in [2.45, 2.75) is 24.1 Å². The fourth-order valence-electron chi connectivity index (χ4n) is 3.76. The second-order valence-corrected chi connectivity index (χ2v) is 11.2. The van der Waals surface area contributed by atoms with Crippen LogP contribution in [-0.2, 0) is 23.6 Å². The van der Waals surface area contributed by atoms with Crippen molar-refractivity contribution in [3.8, 4) is 11.9 Å². The highest BCUT2D eigenvalue weighted by Gasteiger charge is 2.56. The first-order valence-electron chi connectivity index (χ1n) is 10.8. The molecule has 2 heterocycles. The van der Waals surface area contributed by atoms with Crippen molar-refractivity contribution < 1.29 is 17.9 Å². The molecule has 4 rings (SSSR count). The van der Waals surface area contributed by atoms with Gasteiger partial charge in [-0.2, -0.15) is 10.4 Å². The zero-order valence-electron chi connectivity index (χ0n) is 19.5. The molecule has 0 atom stereocenters. The van der Waals surface area contributed by atoms with Crippen molar-refractivity contribution in [3.05, 3.63) is 63.6 Å². The molecule has 0 radical (unpaired) electrons. The predicted octanol–water partition coefficient (Wildman–Crippen LogP) is 0.933. The zero-order chi connectivity index (χ0) is 25.4. The second kappa shape index (κ2) is 9.09. The van der Waals surface area contributed by atoms with Crippen LogP contribution in [0.15, 0.2) is 41.3 Å². The van der Waals surface area contributed by atoms with Crippen LogP contribution in [-0.4, -0.2) is 58.8 Å². The van der Waals surface area contributed by atoms with Crippen molar-refractivity contribution in [2.24, 2.45) is 7.05 Å². The number of nitriles is 1. The lowest BCUT2D eigenvalue weighted by Crippen LogP contribution is -2.39. The Morgan fingerprint density at radius 3 is 2.57 bits per heavy atom. The minimum absolute atomic E-state index is 0.0203. The molecule has 182 valence electrons. The van der Waals surface area contributed by atoms with Gasteiger partial charge in [0.05, 0.1) is 17.8 Å². The monoisotopic (exact) mass is 496 g/mol. The van der Waals surface area contributed by atoms with E-state index in [0.717, 1.165) is 5.56 Å². The van der Waals surface area contributed by atoms with Gasteiger partial charge in [-0.1, -0.05) is 12.1 Å². The Morgan fingerprint density at radius 2 is 1.97 bits per heavy atom. The maximum Gasteiger partial charge on any atom is 0.263 e. The maximum atomic E-state index is 13.0. The second-order valence-electron chi connectivity index (χ2n) is 8.63. The Kier molecular flexibility index (Phi) is 6.31. The van der Waals surface area contributed by atoms with Gasteiger partial charge in [0.15, 0.2) is 0 Å². The van der Waals surface area contributed by atoms with E-state index in [1.54, 1.807) is 24.3 Å². The molecule has 1 N–H and O–H groups in total. The molecule has 0 saturated heterocycles. The number of nitrogens with one attached hydrogen (secondary N) is 1. The number of nitrogens with zero attached hydrogens (tertiary/aromatic N) is 5. The summed E-state index contributed by atoms with van der Waals surface area (Å²) in [6.07, 6.45) is 2.34. The van der Waals surface area contributed by atoms with Gasteiger partial charge >= 0.3 is 0 Å². The Balaban J connectivity index is 1.57. The molecule has 0 unspecified atom stereocenters. The average Bonchev–Trinajstić information content (AvgIpc) is 3.65. The molecule has 1 fully saturated rings. The Bertz CT molecular complexity index is 1500. The van der Waals surface area contributed by atoms with Gasteiger partial charge in [0.1, 0.15) is 22.4 Å². The third kappa shape index (κ3) is 4.48. The SMILES string of the molecule is CN(C)S(=O)(=O)C1(COc2nncc3cc(C(=O)NCc4ccc(C#N)cc4)c(=O)n(C)c23)CC1. The summed E-state index contributed by atoms with van der Waals surface area (Å²) in [5.74, 6) is -0.544. The summed E-state index contributed by atoms with van der Waals surface area (Å²) in [5.41, 5.74) is 0.954. The van der Waals surface area contributed by atoms with Crippen molar-refractivity contribution in [1.29, 1.82) is 5.26 Å². The molecule has 3 aromatic rings. The topological polar surface area (TPSA) is 147 Å². The molecule has 1 aliphatic rings. The molecular weight excluding hydrogens is 472 g/mol. The van der Waals surface area contributed by atoms with E-state index in [1.165, 1.54) is 42.3 Å². The lowest BCUT2D eigenvalue weighted by Gasteiger charge is -2.21. The number of amides is 1. The summed E-state index contributed by atoms with van der Waals surface area (Å²) in [4.78, 5) is 25.8. The molecule has 0 spiro atoms. The van der Waals surface area contributed by atoms with Gasteiger partial charge in [-0.15, -0.1) is 5.10 Å². The van der Waals surface area contributed by atoms with Crippen LogP contribution in [0.1, 0.15) is 34.3 Å². The summed E-state index contributed by atoms with van der Waals surface area (Å²) in [6.45, 7) is 0.0550. The Hall–Kier alpha value is -3.82. The van der Waals surface area contributed by atoms with E-state index in [-0.39, 0.29) is 24.6 Å². The summed E-state index contributed by atoms with van der Waals surface area (Å²) < 4.78 is 32.4. The number of pyridine rings is 1. The van der Waals surface area contributed by atoms with E-state index in [1.807, 2.05) is 6.07 Å². The molecule has 1 amide bonds. The third-order valence-electron chi connectivity index (χ3n) is 6.08. The minimum Gasteiger partial charge on any atom is -0.473 e. The highest BCUT2D eigenvalue weighted by Crippen LogP contribution is 2.45. The molecule has 11 nitrogen and oxygen atoms in total. The number of carbonyl (C=O) groups excluding carboxylic acids is 1. The first-order valence-corrected chi connectivity index (χ1v) is 12.2. The quantitative estimate of drug-likeness (QED) is 0.484. The highest BCUT2D eigenvalue weighted by molar-refractivity contribution is 7.90. The minimum atomic E-state index is -3.54. The summed E-state index contributed by atoms with van der Waals surface area (Å²) in [5, 5.41) is 19.9. The molecule has 1 aromatic carbocycles. The average molecular weight is 497 g/mol. The number of aromatic nitrogens is 3. The van der Waals surface area contributed by atoms with Gasteiger partial charge in [-0.25, -0.2) is 12.7 Å². The number of hydrogen-bond acceptors (Lipinski definition) is 8. The van der Waals surface area contributed by atoms with Crippen LogP contribution in [0.4, 0.5) is 0 Å². The highest BCUT2D eigenvalue weighted by atomic mass is 32.2. The number of aryl methyl sites for hydroxylation is 1. The smallest absolute Gasteiger partial charge is 0.263 e. The van der Waals surface area contributed by atoms with E-state index in [2.05, 4.69) is 15.5 Å². The number of carbonyl (C=O) groups is 1. The number of hydrogen-bond donors (Lipinski definition) is 1. The number of fused-ring (bicyclic) bond motifs is 1. The van der Waals surface area contributed by atoms with Crippen molar-refractivity contribution >= 4 is 26.8 Å². The number of rotatable bonds is 8. The van der Waals surface area contributed by atoms with Crippen LogP contribution >= 0.6 is 0 Å². The lowest BCUT2D eigenvalue weighted by atomic mass is 10.1. The van der Waals surface area contributed by atoms with Gasteiger partial charge in [0.2, 0.25) is 10.0 Å². The van der Waals surface area contributed by atoms with E-state index >= 15 is 0 Å². The summed E-state index contributed by atoms with van der Waals surface area (Å²) >= 11 is 0. The number of sulfonamides is 1. The van der Waals surface area contributed by atoms with E-state index in [9.17, 15) is 18.0 Å². The largest absolute Gasteiger partial charge is 0.473 e. The fraction of sp³-hybridized carbons (Fsp3) is 0.348. The molecule has 1 aliphatic carbocycles. The van der Waals surface area contributed by atoms with Gasteiger partial charge in [0.25, 0.3) is 17.3 Å². The van der Waals surface area contributed by atoms with Crippen LogP contribution in [0, 0.1) is 11.3 Å². The van der Waals surface area contributed by atoms with E-state index in [4.69, 9.17) is 10.00 Å². The standard InChI is InChI=1S/C23H24N6O5S/c1-28(2)35(32,33)23(8-9-23)14-34-21-19-17(13-26-27-21)10-18(22(31)29(19)3)20(30)25-12-16-6-4-15(11-24)5-7-16/h4-7,10,13H,8-9,12,14H2,1-3H3,(H,25,30). The van der Waals surface area contributed by atoms with E-state index in [0.29, 0.717) is 29.3 Å². The van der Waals surface area contributed by atoms with Gasteiger partial charge in [-0.3, -0.25) is 9.59 Å². The molecular formula is C23H24N6O5S. The molecule has 35 heavy (non-hydrogen) atoms. The molecule has 12 heteroatoms. The van der Waals surface area contributed by atoms with Crippen molar-refractivity contribution in [2.75, 3.05) is 20.7 Å². The predicted molar refractivity (Wildman–Crippen MR) is 127 cm³/mol. The zero-order valence-corrected chi connectivity index (χ0v) is 20.3. The Morgan fingerprint density at radius 1 is 1.29 bits per heavy atom. The van der Waals surface area contributed by atoms with Crippen LogP contribution in [0.3, 0.4) is 0 Å². The van der Waals surface area contributed by atoms with Crippen molar-refractivity contribution in [3.63, 3.8) is 0 Å². The normalized spacial score (nSPS) is 14.5. The Labute approximate surface area is 202 Å². The van der Waals surface area contributed by atoms with E-state index < -0.39 is 26.2 Å². The number of benzene rings is 1. The lowest BCUT2D eigenvalue weighted by molar-refractivity contribution is 0.0949. The molecule has 0 bridgehead atoms. The first kappa shape index (κ1) is 24.3. The van der Waals surface area contributed by atoms with Gasteiger partial charge in [0, 0.05) is 33.1 Å². The van der Waals surface area contributed by atoms with Crippen molar-refractivity contribution in [1.82, 2.24) is 24.4 Å². The maximum absolute atomic E-state index is 13.0. The number of ether oxygens (including phenoxy) is 1. The third-order valence-corrected chi connectivity index (χ3v) is 8.66. The van der Waals surface area contributed by atoms with Crippen LogP contribution < -0.4 is 15.6 Å². The fourth-order valence-corrected chi connectivity index (χ4v) is 5.36. The summed E-state index contributed by atoms with van der Waals surface area (Å²) in [6, 6.07) is 10.2. The molecule has 2 aromatic heterocycles. The van der Waals surface area contributed by atoms with Crippen LogP contribution in [0.25, 0.3) is 10.9 Å². The van der Waals surface area contributed by atoms with Gasteiger partial charge < -0.3 is 14.6 Å². The molecule has 1 saturated carbocycles. The summed E-state index contributed by atoms with van der Waals surface area (Å²) in [7, 11) is 0.905.